The summed E-state index contributed by atoms with van der Waals surface area (Å²) in [5.41, 5.74) is -1.06. The standard InChI is InChI=1S/C15H11F4NO3/c1-8-11(5-6-13(16)20-8)23-12-7-9(15(17,18)19)3-4-10(12)14(21)22-2/h3-7H,1-2H3. The molecule has 0 aliphatic carbocycles. The van der Waals surface area contributed by atoms with Crippen molar-refractivity contribution < 1.29 is 31.8 Å². The lowest BCUT2D eigenvalue weighted by molar-refractivity contribution is -0.137. The Morgan fingerprint density at radius 2 is 1.83 bits per heavy atom. The number of carbonyl (C=O) groups excluding carboxylic acids is 1. The van der Waals surface area contributed by atoms with Gasteiger partial charge in [0.2, 0.25) is 5.95 Å². The molecule has 0 bridgehead atoms. The molecule has 23 heavy (non-hydrogen) atoms. The largest absolute Gasteiger partial charge is 0.465 e. The normalized spacial score (nSPS) is 11.2. The summed E-state index contributed by atoms with van der Waals surface area (Å²) in [6.07, 6.45) is -4.61. The quantitative estimate of drug-likeness (QED) is 0.483. The number of halogens is 4. The van der Waals surface area contributed by atoms with Gasteiger partial charge >= 0.3 is 12.1 Å². The fourth-order valence-electron chi connectivity index (χ4n) is 1.81. The van der Waals surface area contributed by atoms with Crippen LogP contribution >= 0.6 is 0 Å². The first-order valence-electron chi connectivity index (χ1n) is 6.33. The highest BCUT2D eigenvalue weighted by Crippen LogP contribution is 2.35. The Bertz CT molecular complexity index is 744. The monoisotopic (exact) mass is 329 g/mol. The lowest BCUT2D eigenvalue weighted by atomic mass is 10.1. The van der Waals surface area contributed by atoms with Crippen LogP contribution in [0.5, 0.6) is 11.5 Å². The minimum absolute atomic E-state index is 0.0240. The molecule has 0 aliphatic heterocycles. The lowest BCUT2D eigenvalue weighted by Gasteiger charge is -2.14. The molecule has 2 rings (SSSR count). The van der Waals surface area contributed by atoms with E-state index in [1.54, 1.807) is 0 Å². The molecule has 0 amide bonds. The van der Waals surface area contributed by atoms with Gasteiger partial charge in [0.25, 0.3) is 0 Å². The van der Waals surface area contributed by atoms with Gasteiger partial charge in [0.1, 0.15) is 17.1 Å². The van der Waals surface area contributed by atoms with Crippen molar-refractivity contribution in [3.05, 3.63) is 53.1 Å². The van der Waals surface area contributed by atoms with Gasteiger partial charge in [-0.15, -0.1) is 0 Å². The second-order valence-corrected chi connectivity index (χ2v) is 4.52. The molecule has 0 fully saturated rings. The second kappa shape index (κ2) is 6.23. The topological polar surface area (TPSA) is 48.4 Å². The SMILES string of the molecule is COC(=O)c1ccc(C(F)(F)F)cc1Oc1ccc(F)nc1C. The van der Waals surface area contributed by atoms with E-state index in [-0.39, 0.29) is 22.8 Å². The summed E-state index contributed by atoms with van der Waals surface area (Å²) in [5.74, 6) is -1.95. The Labute approximate surface area is 128 Å². The summed E-state index contributed by atoms with van der Waals surface area (Å²) in [6, 6.07) is 4.58. The van der Waals surface area contributed by atoms with E-state index >= 15 is 0 Å². The van der Waals surface area contributed by atoms with Crippen LogP contribution in [0.4, 0.5) is 17.6 Å². The third-order valence-corrected chi connectivity index (χ3v) is 2.94. The fourth-order valence-corrected chi connectivity index (χ4v) is 1.81. The summed E-state index contributed by atoms with van der Waals surface area (Å²) in [4.78, 5) is 15.2. The van der Waals surface area contributed by atoms with Crippen molar-refractivity contribution in [2.24, 2.45) is 0 Å². The van der Waals surface area contributed by atoms with Crippen LogP contribution in [0.2, 0.25) is 0 Å². The van der Waals surface area contributed by atoms with E-state index in [9.17, 15) is 22.4 Å². The van der Waals surface area contributed by atoms with Crippen molar-refractivity contribution >= 4 is 5.97 Å². The van der Waals surface area contributed by atoms with E-state index < -0.39 is 23.7 Å². The van der Waals surface area contributed by atoms with E-state index in [0.717, 1.165) is 25.3 Å². The predicted molar refractivity (Wildman–Crippen MR) is 71.8 cm³/mol. The van der Waals surface area contributed by atoms with Crippen molar-refractivity contribution in [2.45, 2.75) is 13.1 Å². The van der Waals surface area contributed by atoms with Gasteiger partial charge in [-0.2, -0.15) is 17.6 Å². The Morgan fingerprint density at radius 1 is 1.13 bits per heavy atom. The van der Waals surface area contributed by atoms with Crippen LogP contribution in [0.3, 0.4) is 0 Å². The molecule has 0 spiro atoms. The molecular formula is C15H11F4NO3. The van der Waals surface area contributed by atoms with Crippen molar-refractivity contribution in [1.29, 1.82) is 0 Å². The number of aryl methyl sites for hydroxylation is 1. The molecule has 122 valence electrons. The van der Waals surface area contributed by atoms with Gasteiger partial charge in [0.05, 0.1) is 18.4 Å². The Kier molecular flexibility index (Phi) is 4.53. The van der Waals surface area contributed by atoms with Crippen LogP contribution in [-0.2, 0) is 10.9 Å². The van der Waals surface area contributed by atoms with Crippen LogP contribution < -0.4 is 4.74 Å². The first kappa shape index (κ1) is 16.7. The molecule has 0 atom stereocenters. The average molecular weight is 329 g/mol. The van der Waals surface area contributed by atoms with Crippen molar-refractivity contribution in [2.75, 3.05) is 7.11 Å². The van der Waals surface area contributed by atoms with E-state index in [4.69, 9.17) is 4.74 Å². The third kappa shape index (κ3) is 3.77. The first-order chi connectivity index (χ1) is 10.7. The molecule has 0 unspecified atom stereocenters. The molecule has 4 nitrogen and oxygen atoms in total. The number of nitrogens with zero attached hydrogens (tertiary/aromatic N) is 1. The molecule has 1 aromatic heterocycles. The smallest absolute Gasteiger partial charge is 0.416 e. The van der Waals surface area contributed by atoms with Crippen molar-refractivity contribution in [3.63, 3.8) is 0 Å². The minimum Gasteiger partial charge on any atom is -0.465 e. The highest BCUT2D eigenvalue weighted by atomic mass is 19.4. The number of carbonyl (C=O) groups is 1. The average Bonchev–Trinajstić information content (AvgIpc) is 2.48. The number of pyridine rings is 1. The zero-order valence-electron chi connectivity index (χ0n) is 12.1. The number of hydrogen-bond donors (Lipinski definition) is 0. The van der Waals surface area contributed by atoms with Gasteiger partial charge in [-0.1, -0.05) is 0 Å². The van der Waals surface area contributed by atoms with E-state index in [0.29, 0.717) is 6.07 Å². The van der Waals surface area contributed by atoms with Crippen molar-refractivity contribution in [3.8, 4) is 11.5 Å². The number of ether oxygens (including phenoxy) is 2. The molecule has 8 heteroatoms. The second-order valence-electron chi connectivity index (χ2n) is 4.52. The number of esters is 1. The highest BCUT2D eigenvalue weighted by molar-refractivity contribution is 5.92. The number of alkyl halides is 3. The molecule has 0 aliphatic rings. The number of rotatable bonds is 3. The summed E-state index contributed by atoms with van der Waals surface area (Å²) in [6.45, 7) is 1.42. The number of methoxy groups -OCH3 is 1. The van der Waals surface area contributed by atoms with Gasteiger partial charge in [0, 0.05) is 0 Å². The van der Waals surface area contributed by atoms with Gasteiger partial charge in [-0.25, -0.2) is 9.78 Å². The molecular weight excluding hydrogens is 318 g/mol. The Hall–Kier alpha value is -2.64. The van der Waals surface area contributed by atoms with Crippen LogP contribution in [0.15, 0.2) is 30.3 Å². The summed E-state index contributed by atoms with van der Waals surface area (Å²) >= 11 is 0. The summed E-state index contributed by atoms with van der Waals surface area (Å²) in [5, 5.41) is 0. The van der Waals surface area contributed by atoms with Gasteiger partial charge in [-0.05, 0) is 37.3 Å². The molecule has 0 saturated carbocycles. The lowest BCUT2D eigenvalue weighted by Crippen LogP contribution is -2.09. The van der Waals surface area contributed by atoms with E-state index in [1.165, 1.54) is 13.0 Å². The number of benzene rings is 1. The maximum absolute atomic E-state index is 13.0. The van der Waals surface area contributed by atoms with Crippen LogP contribution in [0.1, 0.15) is 21.6 Å². The maximum Gasteiger partial charge on any atom is 0.416 e. The Balaban J connectivity index is 2.50. The molecule has 1 aromatic carbocycles. The minimum atomic E-state index is -4.61. The van der Waals surface area contributed by atoms with Crippen LogP contribution in [0.25, 0.3) is 0 Å². The predicted octanol–water partition coefficient (Wildman–Crippen LogP) is 4.13. The Morgan fingerprint density at radius 3 is 2.39 bits per heavy atom. The van der Waals surface area contributed by atoms with E-state index in [1.807, 2.05) is 0 Å². The highest BCUT2D eigenvalue weighted by Gasteiger charge is 2.32. The zero-order chi connectivity index (χ0) is 17.2. The molecule has 0 radical (unpaired) electrons. The van der Waals surface area contributed by atoms with Crippen molar-refractivity contribution in [1.82, 2.24) is 4.98 Å². The third-order valence-electron chi connectivity index (χ3n) is 2.94. The zero-order valence-corrected chi connectivity index (χ0v) is 12.1. The van der Waals surface area contributed by atoms with E-state index in [2.05, 4.69) is 9.72 Å². The molecule has 2 aromatic rings. The van der Waals surface area contributed by atoms with Crippen LogP contribution in [0, 0.1) is 12.9 Å². The number of aromatic nitrogens is 1. The molecule has 0 N–H and O–H groups in total. The fraction of sp³-hybridized carbons (Fsp3) is 0.200. The van der Waals surface area contributed by atoms with Gasteiger partial charge < -0.3 is 9.47 Å². The molecule has 1 heterocycles. The first-order valence-corrected chi connectivity index (χ1v) is 6.33. The molecule has 0 saturated heterocycles. The summed E-state index contributed by atoms with van der Waals surface area (Å²) in [7, 11) is 1.09. The maximum atomic E-state index is 13.0. The summed E-state index contributed by atoms with van der Waals surface area (Å²) < 4.78 is 61.3. The van der Waals surface area contributed by atoms with Gasteiger partial charge in [0.15, 0.2) is 0 Å². The number of hydrogen-bond acceptors (Lipinski definition) is 4. The van der Waals surface area contributed by atoms with Crippen LogP contribution in [-0.4, -0.2) is 18.1 Å². The van der Waals surface area contributed by atoms with Gasteiger partial charge in [-0.3, -0.25) is 0 Å².